The zero-order chi connectivity index (χ0) is 10.8. The van der Waals surface area contributed by atoms with E-state index in [1.54, 1.807) is 11.3 Å². The van der Waals surface area contributed by atoms with Crippen molar-refractivity contribution in [1.82, 2.24) is 4.90 Å². The van der Waals surface area contributed by atoms with Gasteiger partial charge >= 0.3 is 0 Å². The zero-order valence-corrected chi connectivity index (χ0v) is 9.89. The summed E-state index contributed by atoms with van der Waals surface area (Å²) in [7, 11) is 0. The summed E-state index contributed by atoms with van der Waals surface area (Å²) in [4.78, 5) is 16.1. The molecule has 82 valence electrons. The van der Waals surface area contributed by atoms with Crippen LogP contribution < -0.4 is 0 Å². The molecule has 15 heavy (non-hydrogen) atoms. The molecule has 0 atom stereocenters. The molecule has 0 saturated carbocycles. The average Bonchev–Trinajstić information content (AvgIpc) is 2.58. The third-order valence-electron chi connectivity index (χ3n) is 2.53. The SMILES string of the molecule is Cc1cc(C)c(C(=O)N2CCOCC2)s1. The van der Waals surface area contributed by atoms with Crippen LogP contribution in [0.4, 0.5) is 0 Å². The van der Waals surface area contributed by atoms with Gasteiger partial charge in [0.25, 0.3) is 5.91 Å². The number of thiophene rings is 1. The van der Waals surface area contributed by atoms with E-state index in [-0.39, 0.29) is 5.91 Å². The minimum atomic E-state index is 0.161. The third kappa shape index (κ3) is 2.21. The molecule has 4 heteroatoms. The highest BCUT2D eigenvalue weighted by Crippen LogP contribution is 2.22. The fourth-order valence-electron chi connectivity index (χ4n) is 1.76. The number of aryl methyl sites for hydroxylation is 2. The Morgan fingerprint density at radius 3 is 2.60 bits per heavy atom. The van der Waals surface area contributed by atoms with Crippen molar-refractivity contribution < 1.29 is 9.53 Å². The fraction of sp³-hybridized carbons (Fsp3) is 0.545. The van der Waals surface area contributed by atoms with Gasteiger partial charge in [0, 0.05) is 18.0 Å². The Kier molecular flexibility index (Phi) is 3.07. The van der Waals surface area contributed by atoms with Crippen LogP contribution in [0.25, 0.3) is 0 Å². The van der Waals surface area contributed by atoms with Gasteiger partial charge in [-0.1, -0.05) is 0 Å². The van der Waals surface area contributed by atoms with Crippen LogP contribution in [-0.2, 0) is 4.74 Å². The molecule has 1 amide bonds. The van der Waals surface area contributed by atoms with Crippen LogP contribution in [-0.4, -0.2) is 37.1 Å². The maximum absolute atomic E-state index is 12.1. The monoisotopic (exact) mass is 225 g/mol. The van der Waals surface area contributed by atoms with E-state index < -0.39 is 0 Å². The predicted molar refractivity (Wildman–Crippen MR) is 60.5 cm³/mol. The number of hydrogen-bond acceptors (Lipinski definition) is 3. The van der Waals surface area contributed by atoms with Crippen molar-refractivity contribution in [2.24, 2.45) is 0 Å². The van der Waals surface area contributed by atoms with Crippen molar-refractivity contribution in [2.75, 3.05) is 26.3 Å². The van der Waals surface area contributed by atoms with Gasteiger partial charge in [-0.15, -0.1) is 11.3 Å². The van der Waals surface area contributed by atoms with Crippen molar-refractivity contribution in [1.29, 1.82) is 0 Å². The zero-order valence-electron chi connectivity index (χ0n) is 9.08. The molecular weight excluding hydrogens is 210 g/mol. The molecule has 1 fully saturated rings. The molecule has 0 bridgehead atoms. The van der Waals surface area contributed by atoms with Gasteiger partial charge in [0.2, 0.25) is 0 Å². The van der Waals surface area contributed by atoms with Gasteiger partial charge in [0.1, 0.15) is 0 Å². The quantitative estimate of drug-likeness (QED) is 0.730. The van der Waals surface area contributed by atoms with Crippen LogP contribution >= 0.6 is 11.3 Å². The van der Waals surface area contributed by atoms with Gasteiger partial charge < -0.3 is 9.64 Å². The Bertz CT molecular complexity index is 367. The van der Waals surface area contributed by atoms with Gasteiger partial charge in [-0.3, -0.25) is 4.79 Å². The van der Waals surface area contributed by atoms with E-state index in [9.17, 15) is 4.79 Å². The van der Waals surface area contributed by atoms with Crippen LogP contribution in [0.1, 0.15) is 20.1 Å². The molecule has 1 saturated heterocycles. The first kappa shape index (κ1) is 10.6. The summed E-state index contributed by atoms with van der Waals surface area (Å²) in [5, 5.41) is 0. The van der Waals surface area contributed by atoms with Crippen molar-refractivity contribution in [3.05, 3.63) is 21.4 Å². The Morgan fingerprint density at radius 2 is 2.07 bits per heavy atom. The van der Waals surface area contributed by atoms with E-state index in [0.717, 1.165) is 23.5 Å². The number of carbonyl (C=O) groups is 1. The highest BCUT2D eigenvalue weighted by Gasteiger charge is 2.21. The molecule has 1 aliphatic heterocycles. The summed E-state index contributed by atoms with van der Waals surface area (Å²) >= 11 is 1.58. The maximum atomic E-state index is 12.1. The molecule has 0 spiro atoms. The number of nitrogens with zero attached hydrogens (tertiary/aromatic N) is 1. The molecule has 0 N–H and O–H groups in total. The lowest BCUT2D eigenvalue weighted by Crippen LogP contribution is -2.40. The lowest BCUT2D eigenvalue weighted by atomic mass is 10.2. The Morgan fingerprint density at radius 1 is 1.40 bits per heavy atom. The van der Waals surface area contributed by atoms with Crippen molar-refractivity contribution in [3.63, 3.8) is 0 Å². The third-order valence-corrected chi connectivity index (χ3v) is 3.67. The molecule has 1 aromatic heterocycles. The Labute approximate surface area is 93.7 Å². The summed E-state index contributed by atoms with van der Waals surface area (Å²) in [6.07, 6.45) is 0. The summed E-state index contributed by atoms with van der Waals surface area (Å²) in [5.41, 5.74) is 1.09. The summed E-state index contributed by atoms with van der Waals surface area (Å²) in [6, 6.07) is 2.07. The number of carbonyl (C=O) groups excluding carboxylic acids is 1. The van der Waals surface area contributed by atoms with Crippen LogP contribution in [0.3, 0.4) is 0 Å². The predicted octanol–water partition coefficient (Wildman–Crippen LogP) is 1.84. The molecule has 0 unspecified atom stereocenters. The topological polar surface area (TPSA) is 29.5 Å². The van der Waals surface area contributed by atoms with E-state index >= 15 is 0 Å². The number of amides is 1. The second-order valence-electron chi connectivity index (χ2n) is 3.77. The van der Waals surface area contributed by atoms with E-state index in [0.29, 0.717) is 13.2 Å². The normalized spacial score (nSPS) is 16.8. The number of rotatable bonds is 1. The summed E-state index contributed by atoms with van der Waals surface area (Å²) in [5.74, 6) is 0.161. The summed E-state index contributed by atoms with van der Waals surface area (Å²) < 4.78 is 5.23. The van der Waals surface area contributed by atoms with Crippen molar-refractivity contribution in [2.45, 2.75) is 13.8 Å². The molecule has 0 radical (unpaired) electrons. The first-order valence-corrected chi connectivity index (χ1v) is 5.94. The second kappa shape index (κ2) is 4.33. The van der Waals surface area contributed by atoms with E-state index in [1.807, 2.05) is 18.7 Å². The van der Waals surface area contributed by atoms with Crippen LogP contribution in [0.5, 0.6) is 0 Å². The highest BCUT2D eigenvalue weighted by atomic mass is 32.1. The van der Waals surface area contributed by atoms with Gasteiger partial charge in [-0.25, -0.2) is 0 Å². The number of ether oxygens (including phenoxy) is 1. The summed E-state index contributed by atoms with van der Waals surface area (Å²) in [6.45, 7) is 6.79. The van der Waals surface area contributed by atoms with Gasteiger partial charge in [0.15, 0.2) is 0 Å². The van der Waals surface area contributed by atoms with Crippen molar-refractivity contribution in [3.8, 4) is 0 Å². The van der Waals surface area contributed by atoms with Gasteiger partial charge in [0.05, 0.1) is 18.1 Å². The van der Waals surface area contributed by atoms with Crippen LogP contribution in [0.15, 0.2) is 6.07 Å². The largest absolute Gasteiger partial charge is 0.378 e. The Hall–Kier alpha value is -0.870. The maximum Gasteiger partial charge on any atom is 0.264 e. The number of morpholine rings is 1. The highest BCUT2D eigenvalue weighted by molar-refractivity contribution is 7.14. The van der Waals surface area contributed by atoms with Crippen LogP contribution in [0.2, 0.25) is 0 Å². The van der Waals surface area contributed by atoms with Crippen molar-refractivity contribution >= 4 is 17.2 Å². The van der Waals surface area contributed by atoms with E-state index in [1.165, 1.54) is 4.88 Å². The smallest absolute Gasteiger partial charge is 0.264 e. The van der Waals surface area contributed by atoms with E-state index in [2.05, 4.69) is 6.07 Å². The Balaban J connectivity index is 2.16. The molecule has 1 aromatic rings. The lowest BCUT2D eigenvalue weighted by Gasteiger charge is -2.26. The molecule has 2 heterocycles. The fourth-order valence-corrected chi connectivity index (χ4v) is 2.76. The lowest BCUT2D eigenvalue weighted by molar-refractivity contribution is 0.0305. The molecule has 0 aromatic carbocycles. The van der Waals surface area contributed by atoms with E-state index in [4.69, 9.17) is 4.74 Å². The van der Waals surface area contributed by atoms with Crippen LogP contribution in [0, 0.1) is 13.8 Å². The molecule has 2 rings (SSSR count). The van der Waals surface area contributed by atoms with Gasteiger partial charge in [-0.05, 0) is 25.5 Å². The van der Waals surface area contributed by atoms with Gasteiger partial charge in [-0.2, -0.15) is 0 Å². The molecule has 3 nitrogen and oxygen atoms in total. The average molecular weight is 225 g/mol. The first-order valence-electron chi connectivity index (χ1n) is 5.12. The number of hydrogen-bond donors (Lipinski definition) is 0. The standard InChI is InChI=1S/C11H15NO2S/c1-8-7-9(2)15-10(8)11(13)12-3-5-14-6-4-12/h7H,3-6H2,1-2H3. The second-order valence-corrected chi connectivity index (χ2v) is 5.03. The minimum Gasteiger partial charge on any atom is -0.378 e. The molecule has 0 aliphatic carbocycles. The molecular formula is C11H15NO2S. The first-order chi connectivity index (χ1) is 7.18. The minimum absolute atomic E-state index is 0.161. The molecule has 1 aliphatic rings.